The van der Waals surface area contributed by atoms with Crippen LogP contribution in [0.3, 0.4) is 0 Å². The number of hydrogen-bond acceptors (Lipinski definition) is 5. The van der Waals surface area contributed by atoms with Crippen molar-refractivity contribution < 1.29 is 9.53 Å². The van der Waals surface area contributed by atoms with Crippen molar-refractivity contribution in [2.45, 2.75) is 65.6 Å². The molecule has 1 aliphatic rings. The molecule has 3 rings (SSSR count). The number of aromatic nitrogens is 2. The number of rotatable bonds is 4. The molecule has 7 heteroatoms. The summed E-state index contributed by atoms with van der Waals surface area (Å²) in [6.07, 6.45) is 3.46. The standard InChI is InChI=1S/C22H33N5O2/c1-15(2)10-12-27-19-13-16(23)8-9-18(19)24-20(27)26-11-6-7-17(14-26)29-21(28)25-22(3,4)5/h8-10,13,17H,6-7,11-12,14,23H2,1-5H3,(H,25,28). The van der Waals surface area contributed by atoms with Crippen LogP contribution in [-0.2, 0) is 11.3 Å². The molecule has 1 aromatic heterocycles. The van der Waals surface area contributed by atoms with Gasteiger partial charge in [-0.2, -0.15) is 0 Å². The lowest BCUT2D eigenvalue weighted by Gasteiger charge is -2.34. The summed E-state index contributed by atoms with van der Waals surface area (Å²) in [4.78, 5) is 19.3. The van der Waals surface area contributed by atoms with E-state index in [0.717, 1.165) is 48.6 Å². The molecule has 0 radical (unpaired) electrons. The Morgan fingerprint density at radius 1 is 1.38 bits per heavy atom. The minimum absolute atomic E-state index is 0.159. The molecule has 1 aromatic carbocycles. The fourth-order valence-electron chi connectivity index (χ4n) is 3.53. The van der Waals surface area contributed by atoms with E-state index in [9.17, 15) is 4.79 Å². The predicted octanol–water partition coefficient (Wildman–Crippen LogP) is 4.08. The molecule has 1 amide bonds. The Morgan fingerprint density at radius 3 is 2.83 bits per heavy atom. The van der Waals surface area contributed by atoms with Crippen molar-refractivity contribution in [3.63, 3.8) is 0 Å². The summed E-state index contributed by atoms with van der Waals surface area (Å²) in [7, 11) is 0. The van der Waals surface area contributed by atoms with Crippen LogP contribution in [0.1, 0.15) is 47.5 Å². The van der Waals surface area contributed by atoms with Gasteiger partial charge in [0, 0.05) is 24.3 Å². The third-order valence-corrected chi connectivity index (χ3v) is 4.85. The molecule has 0 saturated carbocycles. The first-order chi connectivity index (χ1) is 13.6. The number of benzene rings is 1. The third kappa shape index (κ3) is 5.43. The van der Waals surface area contributed by atoms with Crippen LogP contribution in [-0.4, -0.2) is 40.4 Å². The average Bonchev–Trinajstić information content (AvgIpc) is 2.96. The fraction of sp³-hybridized carbons (Fsp3) is 0.545. The highest BCUT2D eigenvalue weighted by molar-refractivity contribution is 5.82. The van der Waals surface area contributed by atoms with Gasteiger partial charge in [-0.05, 0) is 65.7 Å². The maximum absolute atomic E-state index is 12.2. The number of piperidine rings is 1. The van der Waals surface area contributed by atoms with E-state index in [4.69, 9.17) is 15.5 Å². The van der Waals surface area contributed by atoms with Crippen LogP contribution in [0.4, 0.5) is 16.4 Å². The number of amides is 1. The van der Waals surface area contributed by atoms with Gasteiger partial charge < -0.3 is 25.3 Å². The molecule has 1 aliphatic heterocycles. The number of nitrogen functional groups attached to an aromatic ring is 1. The lowest BCUT2D eigenvalue weighted by Crippen LogP contribution is -2.46. The second-order valence-corrected chi connectivity index (χ2v) is 9.04. The number of hydrogen-bond donors (Lipinski definition) is 2. The maximum Gasteiger partial charge on any atom is 0.407 e. The normalized spacial score (nSPS) is 17.3. The third-order valence-electron chi connectivity index (χ3n) is 4.85. The van der Waals surface area contributed by atoms with Crippen molar-refractivity contribution in [3.8, 4) is 0 Å². The molecule has 158 valence electrons. The molecule has 1 saturated heterocycles. The van der Waals surface area contributed by atoms with Gasteiger partial charge in [0.05, 0.1) is 17.6 Å². The molecular formula is C22H33N5O2. The maximum atomic E-state index is 12.2. The largest absolute Gasteiger partial charge is 0.444 e. The first-order valence-electron chi connectivity index (χ1n) is 10.3. The number of nitrogens with zero attached hydrogens (tertiary/aromatic N) is 3. The molecule has 2 aromatic rings. The van der Waals surface area contributed by atoms with E-state index in [-0.39, 0.29) is 17.7 Å². The van der Waals surface area contributed by atoms with Gasteiger partial charge in [-0.3, -0.25) is 0 Å². The molecule has 2 heterocycles. The van der Waals surface area contributed by atoms with Crippen LogP contribution < -0.4 is 16.0 Å². The van der Waals surface area contributed by atoms with Crippen LogP contribution in [0.2, 0.25) is 0 Å². The second-order valence-electron chi connectivity index (χ2n) is 9.04. The molecule has 1 fully saturated rings. The minimum atomic E-state index is -0.366. The Hall–Kier alpha value is -2.70. The van der Waals surface area contributed by atoms with Gasteiger partial charge in [-0.15, -0.1) is 0 Å². The number of alkyl carbamates (subject to hydrolysis) is 1. The smallest absolute Gasteiger partial charge is 0.407 e. The molecule has 3 N–H and O–H groups in total. The van der Waals surface area contributed by atoms with Crippen molar-refractivity contribution in [2.24, 2.45) is 0 Å². The summed E-state index contributed by atoms with van der Waals surface area (Å²) in [5.41, 5.74) is 9.63. The van der Waals surface area contributed by atoms with Crippen molar-refractivity contribution in [3.05, 3.63) is 29.8 Å². The number of nitrogens with two attached hydrogens (primary N) is 1. The molecular weight excluding hydrogens is 366 g/mol. The fourth-order valence-corrected chi connectivity index (χ4v) is 3.53. The quantitative estimate of drug-likeness (QED) is 0.598. The SMILES string of the molecule is CC(C)=CCn1c(N2CCCC(OC(=O)NC(C)(C)C)C2)nc2ccc(N)cc21. The van der Waals surface area contributed by atoms with Crippen LogP contribution in [0, 0.1) is 0 Å². The average molecular weight is 400 g/mol. The molecule has 0 aliphatic carbocycles. The molecule has 0 spiro atoms. The number of allylic oxidation sites excluding steroid dienone is 2. The van der Waals surface area contributed by atoms with Crippen molar-refractivity contribution in [1.82, 2.24) is 14.9 Å². The highest BCUT2D eigenvalue weighted by atomic mass is 16.6. The Labute approximate surface area is 172 Å². The first-order valence-corrected chi connectivity index (χ1v) is 10.3. The molecule has 1 atom stereocenters. The van der Waals surface area contributed by atoms with Crippen LogP contribution in [0.5, 0.6) is 0 Å². The zero-order valence-corrected chi connectivity index (χ0v) is 18.2. The number of carbonyl (C=O) groups excluding carboxylic acids is 1. The van der Waals surface area contributed by atoms with E-state index in [1.54, 1.807) is 0 Å². The van der Waals surface area contributed by atoms with Crippen molar-refractivity contribution >= 4 is 28.8 Å². The number of anilines is 2. The first kappa shape index (κ1) is 21.0. The second kappa shape index (κ2) is 8.35. The molecule has 1 unspecified atom stereocenters. The van der Waals surface area contributed by atoms with Gasteiger partial charge in [-0.1, -0.05) is 11.6 Å². The van der Waals surface area contributed by atoms with Crippen LogP contribution in [0.15, 0.2) is 29.8 Å². The Balaban J connectivity index is 1.84. The summed E-state index contributed by atoms with van der Waals surface area (Å²) < 4.78 is 7.88. The lowest BCUT2D eigenvalue weighted by atomic mass is 10.1. The number of imidazole rings is 1. The number of carbonyl (C=O) groups is 1. The van der Waals surface area contributed by atoms with E-state index in [2.05, 4.69) is 34.7 Å². The zero-order valence-electron chi connectivity index (χ0n) is 18.2. The highest BCUT2D eigenvalue weighted by Crippen LogP contribution is 2.27. The van der Waals surface area contributed by atoms with Crippen LogP contribution in [0.25, 0.3) is 11.0 Å². The zero-order chi connectivity index (χ0) is 21.2. The molecule has 29 heavy (non-hydrogen) atoms. The van der Waals surface area contributed by atoms with Gasteiger partial charge >= 0.3 is 6.09 Å². The number of ether oxygens (including phenoxy) is 1. The highest BCUT2D eigenvalue weighted by Gasteiger charge is 2.27. The summed E-state index contributed by atoms with van der Waals surface area (Å²) in [5.74, 6) is 0.896. The molecule has 7 nitrogen and oxygen atoms in total. The molecule has 0 bridgehead atoms. The summed E-state index contributed by atoms with van der Waals surface area (Å²) in [5, 5.41) is 2.87. The summed E-state index contributed by atoms with van der Waals surface area (Å²) >= 11 is 0. The number of fused-ring (bicyclic) bond motifs is 1. The monoisotopic (exact) mass is 399 g/mol. The van der Waals surface area contributed by atoms with Gasteiger partial charge in [-0.25, -0.2) is 9.78 Å². The van der Waals surface area contributed by atoms with Crippen LogP contribution >= 0.6 is 0 Å². The van der Waals surface area contributed by atoms with Crippen molar-refractivity contribution in [1.29, 1.82) is 0 Å². The van der Waals surface area contributed by atoms with Gasteiger partial charge in [0.25, 0.3) is 0 Å². The van der Waals surface area contributed by atoms with Gasteiger partial charge in [0.1, 0.15) is 6.10 Å². The van der Waals surface area contributed by atoms with E-state index in [1.807, 2.05) is 39.0 Å². The Bertz CT molecular complexity index is 906. The Morgan fingerprint density at radius 2 is 2.14 bits per heavy atom. The minimum Gasteiger partial charge on any atom is -0.444 e. The van der Waals surface area contributed by atoms with E-state index in [1.165, 1.54) is 5.57 Å². The lowest BCUT2D eigenvalue weighted by molar-refractivity contribution is 0.0823. The van der Waals surface area contributed by atoms with Gasteiger partial charge in [0.15, 0.2) is 0 Å². The van der Waals surface area contributed by atoms with Gasteiger partial charge in [0.2, 0.25) is 5.95 Å². The Kier molecular flexibility index (Phi) is 6.05. The predicted molar refractivity (Wildman–Crippen MR) is 118 cm³/mol. The summed E-state index contributed by atoms with van der Waals surface area (Å²) in [6.45, 7) is 12.2. The van der Waals surface area contributed by atoms with E-state index >= 15 is 0 Å². The number of nitrogens with one attached hydrogen (secondary N) is 1. The topological polar surface area (TPSA) is 85.4 Å². The van der Waals surface area contributed by atoms with E-state index < -0.39 is 0 Å². The summed E-state index contributed by atoms with van der Waals surface area (Å²) in [6, 6.07) is 5.81. The van der Waals surface area contributed by atoms with E-state index in [0.29, 0.717) is 6.54 Å². The van der Waals surface area contributed by atoms with Crippen molar-refractivity contribution in [2.75, 3.05) is 23.7 Å².